The van der Waals surface area contributed by atoms with Crippen molar-refractivity contribution in [2.75, 3.05) is 19.8 Å². The van der Waals surface area contributed by atoms with Gasteiger partial charge in [0.2, 0.25) is 5.91 Å². The summed E-state index contributed by atoms with van der Waals surface area (Å²) in [6, 6.07) is 8.05. The van der Waals surface area contributed by atoms with E-state index in [1.54, 1.807) is 30.3 Å². The third-order valence-electron chi connectivity index (χ3n) is 2.44. The van der Waals surface area contributed by atoms with Crippen LogP contribution in [0.15, 0.2) is 38.5 Å². The minimum Gasteiger partial charge on any atom is -0.348 e. The number of hydrogen-bond donors (Lipinski definition) is 0. The Labute approximate surface area is 129 Å². The molecule has 1 heterocycles. The Hall–Kier alpha value is -0.850. The molecule has 6 heteroatoms. The number of halogens is 1. The average Bonchev–Trinajstić information content (AvgIpc) is 2.85. The van der Waals surface area contributed by atoms with E-state index in [1.165, 1.54) is 11.8 Å². The second-order valence-corrected chi connectivity index (χ2v) is 7.08. The van der Waals surface area contributed by atoms with E-state index in [2.05, 4.69) is 20.9 Å². The maximum atomic E-state index is 11.5. The van der Waals surface area contributed by atoms with E-state index >= 15 is 0 Å². The average molecular weight is 357 g/mol. The number of carbonyl (C=O) groups is 1. The monoisotopic (exact) mass is 356 g/mol. The molecular weight excluding hydrogens is 344 g/mol. The summed E-state index contributed by atoms with van der Waals surface area (Å²) in [5, 5.41) is 2.02. The van der Waals surface area contributed by atoms with Gasteiger partial charge in [-0.2, -0.15) is 0 Å². The molecule has 0 aliphatic rings. The first-order chi connectivity index (χ1) is 9.06. The Morgan fingerprint density at radius 1 is 1.37 bits per heavy atom. The molecule has 1 aromatic carbocycles. The van der Waals surface area contributed by atoms with Gasteiger partial charge in [0, 0.05) is 29.5 Å². The Balaban J connectivity index is 2.03. The summed E-state index contributed by atoms with van der Waals surface area (Å²) in [6.07, 6.45) is 0. The molecule has 2 rings (SSSR count). The molecule has 1 aromatic heterocycles. The van der Waals surface area contributed by atoms with Gasteiger partial charge in [-0.05, 0) is 12.1 Å². The van der Waals surface area contributed by atoms with E-state index in [0.29, 0.717) is 5.75 Å². The van der Waals surface area contributed by atoms with Gasteiger partial charge in [-0.1, -0.05) is 39.8 Å². The van der Waals surface area contributed by atoms with Gasteiger partial charge in [0.15, 0.2) is 4.34 Å². The lowest BCUT2D eigenvalue weighted by Gasteiger charge is -2.08. The SMILES string of the molecule is CN(C)C(=O)CSc1nc(-c2ccc(Br)cc2)cs1. The third kappa shape index (κ3) is 4.06. The maximum absolute atomic E-state index is 11.5. The van der Waals surface area contributed by atoms with Gasteiger partial charge < -0.3 is 4.90 Å². The number of thioether (sulfide) groups is 1. The second-order valence-electron chi connectivity index (χ2n) is 4.08. The highest BCUT2D eigenvalue weighted by Crippen LogP contribution is 2.28. The van der Waals surface area contributed by atoms with Crippen LogP contribution in [0.2, 0.25) is 0 Å². The zero-order valence-electron chi connectivity index (χ0n) is 10.6. The molecule has 0 atom stereocenters. The molecule has 0 saturated carbocycles. The van der Waals surface area contributed by atoms with Crippen LogP contribution in [0.1, 0.15) is 0 Å². The van der Waals surface area contributed by atoms with E-state index in [4.69, 9.17) is 0 Å². The van der Waals surface area contributed by atoms with Gasteiger partial charge in [0.1, 0.15) is 0 Å². The standard InChI is InChI=1S/C13H13BrN2OS2/c1-16(2)12(17)8-19-13-15-11(7-18-13)9-3-5-10(14)6-4-9/h3-7H,8H2,1-2H3. The minimum absolute atomic E-state index is 0.102. The molecule has 0 aliphatic carbocycles. The lowest BCUT2D eigenvalue weighted by atomic mass is 10.2. The Bertz CT molecular complexity index is 566. The van der Waals surface area contributed by atoms with Crippen LogP contribution in [-0.4, -0.2) is 35.6 Å². The van der Waals surface area contributed by atoms with E-state index < -0.39 is 0 Å². The van der Waals surface area contributed by atoms with Crippen LogP contribution < -0.4 is 0 Å². The highest BCUT2D eigenvalue weighted by molar-refractivity contribution is 9.10. The summed E-state index contributed by atoms with van der Waals surface area (Å²) in [5.41, 5.74) is 2.04. The molecule has 3 nitrogen and oxygen atoms in total. The van der Waals surface area contributed by atoms with E-state index in [9.17, 15) is 4.79 Å². The predicted molar refractivity (Wildman–Crippen MR) is 84.7 cm³/mol. The third-order valence-corrected chi connectivity index (χ3v) is 4.98. The molecule has 100 valence electrons. The Morgan fingerprint density at radius 2 is 2.05 bits per heavy atom. The highest BCUT2D eigenvalue weighted by atomic mass is 79.9. The number of amides is 1. The van der Waals surface area contributed by atoms with Crippen LogP contribution in [0, 0.1) is 0 Å². The summed E-state index contributed by atoms with van der Waals surface area (Å²) in [6.45, 7) is 0. The number of carbonyl (C=O) groups excluding carboxylic acids is 1. The van der Waals surface area contributed by atoms with Crippen LogP contribution in [-0.2, 0) is 4.79 Å². The van der Waals surface area contributed by atoms with Gasteiger partial charge in [0.25, 0.3) is 0 Å². The first kappa shape index (κ1) is 14.6. The van der Waals surface area contributed by atoms with Crippen molar-refractivity contribution in [1.29, 1.82) is 0 Å². The van der Waals surface area contributed by atoms with E-state index in [-0.39, 0.29) is 5.91 Å². The number of rotatable bonds is 4. The minimum atomic E-state index is 0.102. The normalized spacial score (nSPS) is 10.5. The number of thiazole rings is 1. The fourth-order valence-corrected chi connectivity index (χ4v) is 3.41. The smallest absolute Gasteiger partial charge is 0.232 e. The number of nitrogens with zero attached hydrogens (tertiary/aromatic N) is 2. The summed E-state index contributed by atoms with van der Waals surface area (Å²) in [5.74, 6) is 0.533. The van der Waals surface area contributed by atoms with Gasteiger partial charge in [-0.3, -0.25) is 4.79 Å². The molecular formula is C13H13BrN2OS2. The van der Waals surface area contributed by atoms with Crippen molar-refractivity contribution in [2.24, 2.45) is 0 Å². The Kier molecular flexibility index (Phi) is 5.01. The fraction of sp³-hybridized carbons (Fsp3) is 0.231. The van der Waals surface area contributed by atoms with Gasteiger partial charge >= 0.3 is 0 Å². The second kappa shape index (κ2) is 6.54. The molecule has 0 spiro atoms. The van der Waals surface area contributed by atoms with Gasteiger partial charge in [0.05, 0.1) is 11.4 Å². The van der Waals surface area contributed by atoms with Crippen LogP contribution >= 0.6 is 39.0 Å². The van der Waals surface area contributed by atoms with E-state index in [1.807, 2.05) is 29.6 Å². The molecule has 0 radical (unpaired) electrons. The molecule has 0 aliphatic heterocycles. The summed E-state index contributed by atoms with van der Waals surface area (Å²) in [4.78, 5) is 17.6. The van der Waals surface area contributed by atoms with Crippen molar-refractivity contribution in [3.8, 4) is 11.3 Å². The molecule has 1 amide bonds. The van der Waals surface area contributed by atoms with Crippen molar-refractivity contribution in [3.63, 3.8) is 0 Å². The van der Waals surface area contributed by atoms with Crippen LogP contribution in [0.5, 0.6) is 0 Å². The molecule has 0 fully saturated rings. The van der Waals surface area contributed by atoms with Crippen LogP contribution in [0.4, 0.5) is 0 Å². The summed E-state index contributed by atoms with van der Waals surface area (Å²) < 4.78 is 1.98. The van der Waals surface area contributed by atoms with Crippen LogP contribution in [0.3, 0.4) is 0 Å². The van der Waals surface area contributed by atoms with Gasteiger partial charge in [-0.15, -0.1) is 11.3 Å². The predicted octanol–water partition coefficient (Wildman–Crippen LogP) is 3.75. The number of hydrogen-bond acceptors (Lipinski definition) is 4. The summed E-state index contributed by atoms with van der Waals surface area (Å²) >= 11 is 6.47. The van der Waals surface area contributed by atoms with Crippen molar-refractivity contribution >= 4 is 44.9 Å². The van der Waals surface area contributed by atoms with Crippen molar-refractivity contribution < 1.29 is 4.79 Å². The zero-order chi connectivity index (χ0) is 13.8. The quantitative estimate of drug-likeness (QED) is 0.782. The molecule has 0 N–H and O–H groups in total. The Morgan fingerprint density at radius 3 is 2.68 bits per heavy atom. The van der Waals surface area contributed by atoms with E-state index in [0.717, 1.165) is 20.1 Å². The number of benzene rings is 1. The molecule has 0 bridgehead atoms. The zero-order valence-corrected chi connectivity index (χ0v) is 13.8. The van der Waals surface area contributed by atoms with Crippen LogP contribution in [0.25, 0.3) is 11.3 Å². The topological polar surface area (TPSA) is 33.2 Å². The first-order valence-electron chi connectivity index (χ1n) is 5.60. The highest BCUT2D eigenvalue weighted by Gasteiger charge is 2.09. The van der Waals surface area contributed by atoms with Crippen molar-refractivity contribution in [1.82, 2.24) is 9.88 Å². The fourth-order valence-electron chi connectivity index (χ4n) is 1.33. The van der Waals surface area contributed by atoms with Crippen molar-refractivity contribution in [2.45, 2.75) is 4.34 Å². The first-order valence-corrected chi connectivity index (χ1v) is 8.26. The molecule has 19 heavy (non-hydrogen) atoms. The van der Waals surface area contributed by atoms with Crippen molar-refractivity contribution in [3.05, 3.63) is 34.1 Å². The molecule has 0 saturated heterocycles. The largest absolute Gasteiger partial charge is 0.348 e. The maximum Gasteiger partial charge on any atom is 0.232 e. The molecule has 0 unspecified atom stereocenters. The molecule has 2 aromatic rings. The lowest BCUT2D eigenvalue weighted by molar-refractivity contribution is -0.125. The summed E-state index contributed by atoms with van der Waals surface area (Å²) in [7, 11) is 3.52. The lowest BCUT2D eigenvalue weighted by Crippen LogP contribution is -2.23. The number of aromatic nitrogens is 1. The van der Waals surface area contributed by atoms with Gasteiger partial charge in [-0.25, -0.2) is 4.98 Å².